The summed E-state index contributed by atoms with van der Waals surface area (Å²) in [7, 11) is 1.65. The van der Waals surface area contributed by atoms with Crippen molar-refractivity contribution in [1.29, 1.82) is 0 Å². The molecule has 5 heteroatoms. The Bertz CT molecular complexity index is 802. The molecule has 0 aliphatic heterocycles. The second-order valence-electron chi connectivity index (χ2n) is 5.29. The molecule has 0 fully saturated rings. The Morgan fingerprint density at radius 2 is 1.61 bits per heavy atom. The first-order chi connectivity index (χ1) is 11.1. The Labute approximate surface area is 139 Å². The lowest BCUT2D eigenvalue weighted by Crippen LogP contribution is -1.93. The van der Waals surface area contributed by atoms with Crippen molar-refractivity contribution in [2.75, 3.05) is 12.8 Å². The van der Waals surface area contributed by atoms with Crippen LogP contribution in [0.4, 0.5) is 5.13 Å². The van der Waals surface area contributed by atoms with Crippen LogP contribution in [0.3, 0.4) is 0 Å². The molecule has 3 rings (SSSR count). The predicted octanol–water partition coefficient (Wildman–Crippen LogP) is 4.81. The molecule has 0 aliphatic carbocycles. The van der Waals surface area contributed by atoms with Crippen molar-refractivity contribution in [2.45, 2.75) is 13.8 Å². The third kappa shape index (κ3) is 3.29. The van der Waals surface area contributed by atoms with Gasteiger partial charge in [-0.15, -0.1) is 11.3 Å². The van der Waals surface area contributed by atoms with E-state index in [2.05, 4.69) is 17.1 Å². The fourth-order valence-corrected chi connectivity index (χ4v) is 3.01. The molecule has 4 nitrogen and oxygen atoms in total. The summed E-state index contributed by atoms with van der Waals surface area (Å²) in [6.45, 7) is 4.07. The average Bonchev–Trinajstić information content (AvgIpc) is 2.98. The number of ether oxygens (including phenoxy) is 2. The van der Waals surface area contributed by atoms with Gasteiger partial charge in [-0.2, -0.15) is 0 Å². The van der Waals surface area contributed by atoms with Gasteiger partial charge in [0.15, 0.2) is 5.13 Å². The average molecular weight is 326 g/mol. The number of aromatic nitrogens is 1. The zero-order chi connectivity index (χ0) is 16.4. The van der Waals surface area contributed by atoms with Gasteiger partial charge in [-0.3, -0.25) is 0 Å². The van der Waals surface area contributed by atoms with E-state index in [1.165, 1.54) is 11.3 Å². The molecule has 0 saturated carbocycles. The molecule has 0 amide bonds. The fourth-order valence-electron chi connectivity index (χ4n) is 2.44. The van der Waals surface area contributed by atoms with Gasteiger partial charge >= 0.3 is 0 Å². The summed E-state index contributed by atoms with van der Waals surface area (Å²) in [5.41, 5.74) is 9.78. The molecule has 1 heterocycles. The highest BCUT2D eigenvalue weighted by molar-refractivity contribution is 7.13. The number of aryl methyl sites for hydroxylation is 2. The maximum Gasteiger partial charge on any atom is 0.180 e. The summed E-state index contributed by atoms with van der Waals surface area (Å²) in [5.74, 6) is 2.45. The van der Waals surface area contributed by atoms with Gasteiger partial charge in [0.2, 0.25) is 0 Å². The minimum Gasteiger partial charge on any atom is -0.497 e. The number of hydrogen-bond acceptors (Lipinski definition) is 5. The lowest BCUT2D eigenvalue weighted by Gasteiger charge is -2.13. The summed E-state index contributed by atoms with van der Waals surface area (Å²) < 4.78 is 11.2. The van der Waals surface area contributed by atoms with Gasteiger partial charge < -0.3 is 15.2 Å². The Morgan fingerprint density at radius 1 is 1.00 bits per heavy atom. The minimum atomic E-state index is 0.578. The molecule has 3 aromatic rings. The molecule has 0 aliphatic rings. The molecule has 0 radical (unpaired) electrons. The normalized spacial score (nSPS) is 10.6. The maximum atomic E-state index is 6.04. The van der Waals surface area contributed by atoms with Gasteiger partial charge in [-0.1, -0.05) is 0 Å². The van der Waals surface area contributed by atoms with Crippen LogP contribution in [0.1, 0.15) is 11.1 Å². The number of hydrogen-bond donors (Lipinski definition) is 1. The molecular weight excluding hydrogens is 308 g/mol. The van der Waals surface area contributed by atoms with E-state index in [1.54, 1.807) is 7.11 Å². The van der Waals surface area contributed by atoms with Crippen LogP contribution in [-0.2, 0) is 0 Å². The van der Waals surface area contributed by atoms with Crippen LogP contribution in [0.15, 0.2) is 41.8 Å². The Morgan fingerprint density at radius 3 is 2.13 bits per heavy atom. The molecule has 0 spiro atoms. The molecule has 23 heavy (non-hydrogen) atoms. The van der Waals surface area contributed by atoms with E-state index in [9.17, 15) is 0 Å². The van der Waals surface area contributed by atoms with Gasteiger partial charge in [-0.25, -0.2) is 4.98 Å². The van der Waals surface area contributed by atoms with E-state index in [1.807, 2.05) is 43.5 Å². The van der Waals surface area contributed by atoms with Crippen LogP contribution in [0.25, 0.3) is 11.3 Å². The molecule has 2 aromatic carbocycles. The summed E-state index contributed by atoms with van der Waals surface area (Å²) in [6.07, 6.45) is 0. The van der Waals surface area contributed by atoms with Gasteiger partial charge in [0.1, 0.15) is 17.2 Å². The summed E-state index contributed by atoms with van der Waals surface area (Å²) in [5, 5.41) is 2.54. The topological polar surface area (TPSA) is 57.4 Å². The Hall–Kier alpha value is -2.53. The third-order valence-corrected chi connectivity index (χ3v) is 4.23. The first-order valence-electron chi connectivity index (χ1n) is 7.21. The molecule has 0 saturated heterocycles. The Kier molecular flexibility index (Phi) is 4.21. The number of methoxy groups -OCH3 is 1. The van der Waals surface area contributed by atoms with Crippen LogP contribution >= 0.6 is 11.3 Å². The number of anilines is 1. The zero-order valence-electron chi connectivity index (χ0n) is 13.3. The van der Waals surface area contributed by atoms with Crippen molar-refractivity contribution in [1.82, 2.24) is 4.98 Å². The highest BCUT2D eigenvalue weighted by Gasteiger charge is 2.11. The first kappa shape index (κ1) is 15.4. The van der Waals surface area contributed by atoms with Gasteiger partial charge in [0.05, 0.1) is 12.8 Å². The smallest absolute Gasteiger partial charge is 0.180 e. The van der Waals surface area contributed by atoms with E-state index in [0.717, 1.165) is 39.6 Å². The molecule has 0 unspecified atom stereocenters. The van der Waals surface area contributed by atoms with Gasteiger partial charge in [0.25, 0.3) is 0 Å². The molecule has 118 valence electrons. The number of thiazole rings is 1. The minimum absolute atomic E-state index is 0.578. The molecule has 0 bridgehead atoms. The lowest BCUT2D eigenvalue weighted by molar-refractivity contribution is 0.412. The van der Waals surface area contributed by atoms with E-state index in [-0.39, 0.29) is 0 Å². The standard InChI is InChI=1S/C18H18N2O2S/c1-11-8-13(16-10-23-18(19)20-16)9-12(2)17(11)22-15-6-4-14(21-3)5-7-15/h4-10H,1-3H3,(H2,19,20). The van der Waals surface area contributed by atoms with Crippen LogP contribution in [0.5, 0.6) is 17.2 Å². The third-order valence-electron chi connectivity index (χ3n) is 3.56. The second kappa shape index (κ2) is 6.30. The van der Waals surface area contributed by atoms with E-state index >= 15 is 0 Å². The highest BCUT2D eigenvalue weighted by atomic mass is 32.1. The quantitative estimate of drug-likeness (QED) is 0.747. The first-order valence-corrected chi connectivity index (χ1v) is 8.09. The monoisotopic (exact) mass is 326 g/mol. The Balaban J connectivity index is 1.90. The number of nitrogen functional groups attached to an aromatic ring is 1. The van der Waals surface area contributed by atoms with E-state index in [4.69, 9.17) is 15.2 Å². The van der Waals surface area contributed by atoms with Crippen LogP contribution < -0.4 is 15.2 Å². The van der Waals surface area contributed by atoms with Crippen molar-refractivity contribution in [3.63, 3.8) is 0 Å². The van der Waals surface area contributed by atoms with Crippen LogP contribution in [0.2, 0.25) is 0 Å². The largest absolute Gasteiger partial charge is 0.497 e. The molecule has 2 N–H and O–H groups in total. The summed E-state index contributed by atoms with van der Waals surface area (Å²) >= 11 is 1.44. The van der Waals surface area contributed by atoms with Crippen molar-refractivity contribution >= 4 is 16.5 Å². The van der Waals surface area contributed by atoms with Crippen molar-refractivity contribution in [3.8, 4) is 28.5 Å². The number of nitrogens with zero attached hydrogens (tertiary/aromatic N) is 1. The van der Waals surface area contributed by atoms with Crippen molar-refractivity contribution < 1.29 is 9.47 Å². The maximum absolute atomic E-state index is 6.04. The molecular formula is C18H18N2O2S. The number of benzene rings is 2. The van der Waals surface area contributed by atoms with Crippen LogP contribution in [-0.4, -0.2) is 12.1 Å². The number of rotatable bonds is 4. The number of nitrogens with two attached hydrogens (primary N) is 1. The molecule has 1 aromatic heterocycles. The van der Waals surface area contributed by atoms with Gasteiger partial charge in [0, 0.05) is 10.9 Å². The van der Waals surface area contributed by atoms with E-state index < -0.39 is 0 Å². The highest BCUT2D eigenvalue weighted by Crippen LogP contribution is 2.34. The SMILES string of the molecule is COc1ccc(Oc2c(C)cc(-c3csc(N)n3)cc2C)cc1. The van der Waals surface area contributed by atoms with Gasteiger partial charge in [-0.05, 0) is 61.4 Å². The van der Waals surface area contributed by atoms with Crippen molar-refractivity contribution in [2.24, 2.45) is 0 Å². The van der Waals surface area contributed by atoms with E-state index in [0.29, 0.717) is 5.13 Å². The lowest BCUT2D eigenvalue weighted by atomic mass is 10.0. The fraction of sp³-hybridized carbons (Fsp3) is 0.167. The predicted molar refractivity (Wildman–Crippen MR) is 94.5 cm³/mol. The summed E-state index contributed by atoms with van der Waals surface area (Å²) in [6, 6.07) is 11.7. The van der Waals surface area contributed by atoms with Crippen LogP contribution in [0, 0.1) is 13.8 Å². The zero-order valence-corrected chi connectivity index (χ0v) is 14.1. The summed E-state index contributed by atoms with van der Waals surface area (Å²) in [4.78, 5) is 4.34. The molecule has 0 atom stereocenters. The van der Waals surface area contributed by atoms with Crippen molar-refractivity contribution in [3.05, 3.63) is 52.9 Å². The second-order valence-corrected chi connectivity index (χ2v) is 6.18.